The maximum atomic E-state index is 13.3. The van der Waals surface area contributed by atoms with Gasteiger partial charge in [-0.1, -0.05) is 60.7 Å². The Morgan fingerprint density at radius 1 is 0.886 bits per heavy atom. The summed E-state index contributed by atoms with van der Waals surface area (Å²) < 4.78 is 11.4. The SMILES string of the molecule is COc1ccccc1NC(=O)N(CCc1ccccn1)Cc1cccc(OCc2ccccc2)c1. The topological polar surface area (TPSA) is 63.7 Å². The molecule has 4 aromatic rings. The van der Waals surface area contributed by atoms with E-state index in [9.17, 15) is 4.79 Å². The number of nitrogens with one attached hydrogen (secondary N) is 1. The smallest absolute Gasteiger partial charge is 0.322 e. The van der Waals surface area contributed by atoms with Gasteiger partial charge in [0.15, 0.2) is 0 Å². The molecule has 1 aromatic heterocycles. The Kier molecular flexibility index (Phi) is 8.32. The molecule has 3 aromatic carbocycles. The zero-order chi connectivity index (χ0) is 24.3. The minimum atomic E-state index is -0.207. The molecule has 6 nitrogen and oxygen atoms in total. The molecule has 35 heavy (non-hydrogen) atoms. The van der Waals surface area contributed by atoms with Crippen molar-refractivity contribution in [2.45, 2.75) is 19.6 Å². The van der Waals surface area contributed by atoms with E-state index in [-0.39, 0.29) is 6.03 Å². The maximum Gasteiger partial charge on any atom is 0.322 e. The van der Waals surface area contributed by atoms with Gasteiger partial charge in [-0.3, -0.25) is 4.98 Å². The number of benzene rings is 3. The summed E-state index contributed by atoms with van der Waals surface area (Å²) in [5, 5.41) is 2.99. The lowest BCUT2D eigenvalue weighted by molar-refractivity contribution is 0.209. The predicted molar refractivity (Wildman–Crippen MR) is 138 cm³/mol. The first-order valence-corrected chi connectivity index (χ1v) is 11.6. The van der Waals surface area contributed by atoms with Crippen LogP contribution in [-0.2, 0) is 19.6 Å². The van der Waals surface area contributed by atoms with Gasteiger partial charge in [-0.05, 0) is 47.5 Å². The number of methoxy groups -OCH3 is 1. The van der Waals surface area contributed by atoms with E-state index >= 15 is 0 Å². The number of carbonyl (C=O) groups is 1. The lowest BCUT2D eigenvalue weighted by Gasteiger charge is -2.24. The summed E-state index contributed by atoms with van der Waals surface area (Å²) in [6.45, 7) is 1.42. The van der Waals surface area contributed by atoms with E-state index in [1.807, 2.05) is 97.1 Å². The molecule has 0 aliphatic rings. The van der Waals surface area contributed by atoms with Crippen molar-refractivity contribution in [1.82, 2.24) is 9.88 Å². The third-order valence-corrected chi connectivity index (χ3v) is 5.52. The van der Waals surface area contributed by atoms with Crippen molar-refractivity contribution in [2.75, 3.05) is 19.0 Å². The molecule has 0 unspecified atom stereocenters. The highest BCUT2D eigenvalue weighted by molar-refractivity contribution is 5.91. The van der Waals surface area contributed by atoms with Crippen LogP contribution in [0.25, 0.3) is 0 Å². The highest BCUT2D eigenvalue weighted by Crippen LogP contribution is 2.24. The van der Waals surface area contributed by atoms with Crippen LogP contribution >= 0.6 is 0 Å². The van der Waals surface area contributed by atoms with Crippen LogP contribution in [0.5, 0.6) is 11.5 Å². The third-order valence-electron chi connectivity index (χ3n) is 5.52. The molecule has 2 amide bonds. The summed E-state index contributed by atoms with van der Waals surface area (Å²) in [6, 6.07) is 30.9. The Labute approximate surface area is 206 Å². The van der Waals surface area contributed by atoms with Crippen LogP contribution in [0.1, 0.15) is 16.8 Å². The number of urea groups is 1. The average Bonchev–Trinajstić information content (AvgIpc) is 2.91. The lowest BCUT2D eigenvalue weighted by Crippen LogP contribution is -2.36. The Hall–Kier alpha value is -4.32. The number of ether oxygens (including phenoxy) is 2. The summed E-state index contributed by atoms with van der Waals surface area (Å²) in [5.74, 6) is 1.38. The summed E-state index contributed by atoms with van der Waals surface area (Å²) in [4.78, 5) is 19.5. The van der Waals surface area contributed by atoms with Crippen molar-refractivity contribution in [1.29, 1.82) is 0 Å². The minimum Gasteiger partial charge on any atom is -0.495 e. The van der Waals surface area contributed by atoms with Gasteiger partial charge in [0.05, 0.1) is 12.8 Å². The van der Waals surface area contributed by atoms with Crippen molar-refractivity contribution in [2.24, 2.45) is 0 Å². The molecule has 6 heteroatoms. The monoisotopic (exact) mass is 467 g/mol. The highest BCUT2D eigenvalue weighted by atomic mass is 16.5. The molecule has 0 spiro atoms. The summed E-state index contributed by atoms with van der Waals surface area (Å²) in [7, 11) is 1.59. The molecule has 0 fully saturated rings. The summed E-state index contributed by atoms with van der Waals surface area (Å²) in [5.41, 5.74) is 3.64. The van der Waals surface area contributed by atoms with Crippen LogP contribution in [-0.4, -0.2) is 29.6 Å². The van der Waals surface area contributed by atoms with E-state index in [0.29, 0.717) is 37.6 Å². The first kappa shape index (κ1) is 23.8. The summed E-state index contributed by atoms with van der Waals surface area (Å²) in [6.07, 6.45) is 2.41. The molecule has 4 rings (SSSR count). The second kappa shape index (κ2) is 12.2. The fraction of sp³-hybridized carbons (Fsp3) is 0.172. The number of aromatic nitrogens is 1. The second-order valence-corrected chi connectivity index (χ2v) is 8.04. The van der Waals surface area contributed by atoms with Crippen molar-refractivity contribution in [3.05, 3.63) is 120 Å². The maximum absolute atomic E-state index is 13.3. The molecule has 1 heterocycles. The third kappa shape index (κ3) is 7.08. The van der Waals surface area contributed by atoms with Gasteiger partial charge in [0, 0.05) is 31.4 Å². The van der Waals surface area contributed by atoms with Crippen molar-refractivity contribution in [3.63, 3.8) is 0 Å². The number of anilines is 1. The Bertz CT molecular complexity index is 1220. The van der Waals surface area contributed by atoms with E-state index < -0.39 is 0 Å². The molecule has 1 N–H and O–H groups in total. The van der Waals surface area contributed by atoms with Gasteiger partial charge in [-0.15, -0.1) is 0 Å². The van der Waals surface area contributed by atoms with Crippen LogP contribution in [0, 0.1) is 0 Å². The number of para-hydroxylation sites is 2. The normalized spacial score (nSPS) is 10.4. The highest BCUT2D eigenvalue weighted by Gasteiger charge is 2.17. The number of hydrogen-bond donors (Lipinski definition) is 1. The van der Waals surface area contributed by atoms with Crippen molar-refractivity contribution >= 4 is 11.7 Å². The van der Waals surface area contributed by atoms with E-state index in [1.54, 1.807) is 18.2 Å². The van der Waals surface area contributed by atoms with Gasteiger partial charge in [0.2, 0.25) is 0 Å². The molecular formula is C29H29N3O3. The number of rotatable bonds is 10. The van der Waals surface area contributed by atoms with Crippen molar-refractivity contribution in [3.8, 4) is 11.5 Å². The fourth-order valence-electron chi connectivity index (χ4n) is 3.69. The number of hydrogen-bond acceptors (Lipinski definition) is 4. The lowest BCUT2D eigenvalue weighted by atomic mass is 10.2. The van der Waals surface area contributed by atoms with Crippen LogP contribution in [0.3, 0.4) is 0 Å². The van der Waals surface area contributed by atoms with Crippen LogP contribution < -0.4 is 14.8 Å². The predicted octanol–water partition coefficient (Wildman–Crippen LogP) is 5.95. The molecule has 0 aliphatic carbocycles. The van der Waals surface area contributed by atoms with Crippen LogP contribution in [0.4, 0.5) is 10.5 Å². The number of carbonyl (C=O) groups excluding carboxylic acids is 1. The second-order valence-electron chi connectivity index (χ2n) is 8.04. The van der Waals surface area contributed by atoms with Gasteiger partial charge < -0.3 is 19.7 Å². The van der Waals surface area contributed by atoms with Gasteiger partial charge in [0.1, 0.15) is 18.1 Å². The van der Waals surface area contributed by atoms with E-state index in [0.717, 1.165) is 22.6 Å². The molecule has 0 bridgehead atoms. The van der Waals surface area contributed by atoms with Gasteiger partial charge in [0.25, 0.3) is 0 Å². The Morgan fingerprint density at radius 2 is 1.66 bits per heavy atom. The fourth-order valence-corrected chi connectivity index (χ4v) is 3.69. The molecule has 0 saturated heterocycles. The quantitative estimate of drug-likeness (QED) is 0.313. The first-order chi connectivity index (χ1) is 17.2. The van der Waals surface area contributed by atoms with Gasteiger partial charge in [-0.2, -0.15) is 0 Å². The molecule has 0 aliphatic heterocycles. The van der Waals surface area contributed by atoms with E-state index in [4.69, 9.17) is 9.47 Å². The van der Waals surface area contributed by atoms with Crippen LogP contribution in [0.2, 0.25) is 0 Å². The van der Waals surface area contributed by atoms with Crippen molar-refractivity contribution < 1.29 is 14.3 Å². The standard InChI is InChI=1S/C29H29N3O3/c1-34-28-16-6-5-15-27(28)31-29(33)32(19-17-25-13-7-8-18-30-25)21-24-12-9-14-26(20-24)35-22-23-10-3-2-4-11-23/h2-16,18,20H,17,19,21-22H2,1H3,(H,31,33). The zero-order valence-electron chi connectivity index (χ0n) is 19.8. The Balaban J connectivity index is 1.47. The van der Waals surface area contributed by atoms with E-state index in [1.165, 1.54) is 0 Å². The average molecular weight is 468 g/mol. The number of amides is 2. The molecule has 178 valence electrons. The van der Waals surface area contributed by atoms with E-state index in [2.05, 4.69) is 10.3 Å². The van der Waals surface area contributed by atoms with Gasteiger partial charge in [-0.25, -0.2) is 4.79 Å². The number of nitrogens with zero attached hydrogens (tertiary/aromatic N) is 2. The Morgan fingerprint density at radius 3 is 2.46 bits per heavy atom. The molecule has 0 atom stereocenters. The van der Waals surface area contributed by atoms with Crippen LogP contribution in [0.15, 0.2) is 103 Å². The summed E-state index contributed by atoms with van der Waals surface area (Å²) >= 11 is 0. The largest absolute Gasteiger partial charge is 0.495 e. The number of pyridine rings is 1. The first-order valence-electron chi connectivity index (χ1n) is 11.6. The molecule has 0 radical (unpaired) electrons. The zero-order valence-corrected chi connectivity index (χ0v) is 19.8. The van der Waals surface area contributed by atoms with Gasteiger partial charge >= 0.3 is 6.03 Å². The molecule has 0 saturated carbocycles. The minimum absolute atomic E-state index is 0.207. The molecular weight excluding hydrogens is 438 g/mol.